The third kappa shape index (κ3) is 7.92. The Morgan fingerprint density at radius 3 is 2.17 bits per heavy atom. The Morgan fingerprint density at radius 2 is 1.59 bits per heavy atom. The van der Waals surface area contributed by atoms with E-state index in [2.05, 4.69) is 5.32 Å². The predicted octanol–water partition coefficient (Wildman–Crippen LogP) is 4.89. The number of ether oxygens (including phenoxy) is 2. The summed E-state index contributed by atoms with van der Waals surface area (Å²) in [6, 6.07) is 18.6. The molecular weight excluding hydrogens is 566 g/mol. The maximum Gasteiger partial charge on any atom is 0.264 e. The molecule has 0 bridgehead atoms. The van der Waals surface area contributed by atoms with Crippen molar-refractivity contribution in [3.05, 3.63) is 83.4 Å². The Labute approximate surface area is 247 Å². The van der Waals surface area contributed by atoms with Gasteiger partial charge < -0.3 is 19.7 Å². The van der Waals surface area contributed by atoms with E-state index >= 15 is 0 Å². The van der Waals surface area contributed by atoms with E-state index in [0.29, 0.717) is 23.7 Å². The normalized spacial score (nSPS) is 11.8. The maximum absolute atomic E-state index is 14.1. The highest BCUT2D eigenvalue weighted by Gasteiger charge is 2.34. The molecule has 0 aliphatic carbocycles. The number of methoxy groups -OCH3 is 2. The molecule has 0 aliphatic heterocycles. The Morgan fingerprint density at radius 1 is 0.927 bits per heavy atom. The quantitative estimate of drug-likeness (QED) is 0.282. The van der Waals surface area contributed by atoms with E-state index in [-0.39, 0.29) is 28.8 Å². The van der Waals surface area contributed by atoms with Crippen molar-refractivity contribution in [2.75, 3.05) is 31.6 Å². The molecule has 0 radical (unpaired) electrons. The van der Waals surface area contributed by atoms with Crippen LogP contribution in [0.25, 0.3) is 0 Å². The van der Waals surface area contributed by atoms with Crippen molar-refractivity contribution in [3.8, 4) is 11.5 Å². The van der Waals surface area contributed by atoms with Gasteiger partial charge in [0.2, 0.25) is 11.8 Å². The van der Waals surface area contributed by atoms with Crippen molar-refractivity contribution in [3.63, 3.8) is 0 Å². The molecule has 0 spiro atoms. The number of nitrogens with one attached hydrogen (secondary N) is 1. The van der Waals surface area contributed by atoms with Crippen LogP contribution in [0, 0.1) is 0 Å². The summed E-state index contributed by atoms with van der Waals surface area (Å²) < 4.78 is 39.7. The molecule has 0 unspecified atom stereocenters. The molecule has 41 heavy (non-hydrogen) atoms. The SMILES string of the molecule is CCCNC(=O)[C@H](CC)N(Cc1ccc(Cl)cc1)C(=O)CN(c1ccccc1OC)S(=O)(=O)c1ccc(OC)cc1. The lowest BCUT2D eigenvalue weighted by Crippen LogP contribution is -2.52. The molecule has 0 saturated carbocycles. The van der Waals surface area contributed by atoms with Gasteiger partial charge in [-0.1, -0.05) is 49.7 Å². The standard InChI is InChI=1S/C30H36ClN3O6S/c1-5-19-32-30(36)26(6-2)33(20-22-11-13-23(31)14-12-22)29(35)21-34(27-9-7-8-10-28(27)40-4)41(37,38)25-17-15-24(39-3)16-18-25/h7-18,26H,5-6,19-21H2,1-4H3,(H,32,36)/t26-/m0/s1. The number of rotatable bonds is 14. The first-order valence-electron chi connectivity index (χ1n) is 13.3. The van der Waals surface area contributed by atoms with Gasteiger partial charge in [-0.15, -0.1) is 0 Å². The second-order valence-electron chi connectivity index (χ2n) is 9.22. The number of benzene rings is 3. The number of anilines is 1. The molecule has 11 heteroatoms. The van der Waals surface area contributed by atoms with Gasteiger partial charge in [0.1, 0.15) is 24.1 Å². The van der Waals surface area contributed by atoms with Gasteiger partial charge in [-0.3, -0.25) is 13.9 Å². The van der Waals surface area contributed by atoms with E-state index in [1.807, 2.05) is 13.8 Å². The van der Waals surface area contributed by atoms with E-state index in [1.165, 1.54) is 43.4 Å². The van der Waals surface area contributed by atoms with Crippen molar-refractivity contribution in [2.24, 2.45) is 0 Å². The monoisotopic (exact) mass is 601 g/mol. The summed E-state index contributed by atoms with van der Waals surface area (Å²) in [5.74, 6) is -0.101. The Bertz CT molecular complexity index is 1410. The number of halogens is 1. The summed E-state index contributed by atoms with van der Waals surface area (Å²) in [5.41, 5.74) is 0.931. The Kier molecular flexibility index (Phi) is 11.4. The minimum atomic E-state index is -4.25. The summed E-state index contributed by atoms with van der Waals surface area (Å²) in [7, 11) is -1.34. The zero-order valence-corrected chi connectivity index (χ0v) is 25.2. The van der Waals surface area contributed by atoms with E-state index in [1.54, 1.807) is 48.5 Å². The molecule has 1 N–H and O–H groups in total. The number of hydrogen-bond acceptors (Lipinski definition) is 6. The number of amides is 2. The highest BCUT2D eigenvalue weighted by molar-refractivity contribution is 7.92. The summed E-state index contributed by atoms with van der Waals surface area (Å²) in [6.07, 6.45) is 1.06. The number of para-hydroxylation sites is 2. The lowest BCUT2D eigenvalue weighted by Gasteiger charge is -2.33. The van der Waals surface area contributed by atoms with Gasteiger partial charge in [0, 0.05) is 18.1 Å². The molecule has 3 aromatic rings. The number of nitrogens with zero attached hydrogens (tertiary/aromatic N) is 2. The van der Waals surface area contributed by atoms with E-state index in [9.17, 15) is 18.0 Å². The molecule has 9 nitrogen and oxygen atoms in total. The van der Waals surface area contributed by atoms with Crippen LogP contribution in [0.3, 0.4) is 0 Å². The fourth-order valence-electron chi connectivity index (χ4n) is 4.30. The van der Waals surface area contributed by atoms with Gasteiger partial charge in [-0.25, -0.2) is 8.42 Å². The molecule has 0 heterocycles. The number of hydrogen-bond donors (Lipinski definition) is 1. The summed E-state index contributed by atoms with van der Waals surface area (Å²) in [5, 5.41) is 3.40. The highest BCUT2D eigenvalue weighted by Crippen LogP contribution is 2.33. The van der Waals surface area contributed by atoms with Crippen molar-refractivity contribution in [1.29, 1.82) is 0 Å². The molecule has 2 amide bonds. The molecule has 3 aromatic carbocycles. The van der Waals surface area contributed by atoms with Crippen LogP contribution in [-0.4, -0.2) is 58.5 Å². The van der Waals surface area contributed by atoms with E-state index < -0.39 is 28.5 Å². The second-order valence-corrected chi connectivity index (χ2v) is 11.5. The maximum atomic E-state index is 14.1. The lowest BCUT2D eigenvalue weighted by atomic mass is 10.1. The number of carbonyl (C=O) groups is 2. The molecule has 0 fully saturated rings. The molecule has 1 atom stereocenters. The van der Waals surface area contributed by atoms with Crippen molar-refractivity contribution >= 4 is 39.1 Å². The van der Waals surface area contributed by atoms with Gasteiger partial charge in [0.05, 0.1) is 24.8 Å². The first kappa shape index (κ1) is 31.8. The van der Waals surface area contributed by atoms with Gasteiger partial charge in [-0.05, 0) is 66.9 Å². The molecule has 220 valence electrons. The third-order valence-corrected chi connectivity index (χ3v) is 8.51. The van der Waals surface area contributed by atoms with Gasteiger partial charge >= 0.3 is 0 Å². The fraction of sp³-hybridized carbons (Fsp3) is 0.333. The Balaban J connectivity index is 2.08. The Hall–Kier alpha value is -3.76. The summed E-state index contributed by atoms with van der Waals surface area (Å²) in [4.78, 5) is 28.7. The van der Waals surface area contributed by atoms with Crippen molar-refractivity contribution < 1.29 is 27.5 Å². The largest absolute Gasteiger partial charge is 0.497 e. The van der Waals surface area contributed by atoms with Crippen LogP contribution in [0.2, 0.25) is 5.02 Å². The van der Waals surface area contributed by atoms with Crippen LogP contribution in [-0.2, 0) is 26.2 Å². The predicted molar refractivity (Wildman–Crippen MR) is 160 cm³/mol. The highest BCUT2D eigenvalue weighted by atomic mass is 35.5. The van der Waals surface area contributed by atoms with Gasteiger partial charge in [-0.2, -0.15) is 0 Å². The first-order valence-corrected chi connectivity index (χ1v) is 15.1. The minimum absolute atomic E-state index is 0.0333. The van der Waals surface area contributed by atoms with E-state index in [0.717, 1.165) is 16.3 Å². The van der Waals surface area contributed by atoms with Crippen molar-refractivity contribution in [1.82, 2.24) is 10.2 Å². The average Bonchev–Trinajstić information content (AvgIpc) is 2.99. The fourth-order valence-corrected chi connectivity index (χ4v) is 5.85. The topological polar surface area (TPSA) is 105 Å². The second kappa shape index (κ2) is 14.7. The van der Waals surface area contributed by atoms with Crippen LogP contribution in [0.1, 0.15) is 32.3 Å². The molecular formula is C30H36ClN3O6S. The van der Waals surface area contributed by atoms with Crippen molar-refractivity contribution in [2.45, 2.75) is 44.2 Å². The zero-order valence-electron chi connectivity index (χ0n) is 23.7. The summed E-state index contributed by atoms with van der Waals surface area (Å²) >= 11 is 6.06. The molecule has 0 aliphatic rings. The van der Waals surface area contributed by atoms with Crippen LogP contribution in [0.5, 0.6) is 11.5 Å². The number of carbonyl (C=O) groups excluding carboxylic acids is 2. The molecule has 0 saturated heterocycles. The average molecular weight is 602 g/mol. The number of sulfonamides is 1. The van der Waals surface area contributed by atoms with E-state index in [4.69, 9.17) is 21.1 Å². The first-order chi connectivity index (χ1) is 19.7. The van der Waals surface area contributed by atoms with Crippen LogP contribution in [0.4, 0.5) is 5.69 Å². The minimum Gasteiger partial charge on any atom is -0.497 e. The molecule has 0 aromatic heterocycles. The smallest absolute Gasteiger partial charge is 0.264 e. The van der Waals surface area contributed by atoms with Crippen LogP contribution < -0.4 is 19.1 Å². The lowest BCUT2D eigenvalue weighted by molar-refractivity contribution is -0.140. The summed E-state index contributed by atoms with van der Waals surface area (Å²) in [6.45, 7) is 3.71. The van der Waals surface area contributed by atoms with Crippen LogP contribution >= 0.6 is 11.6 Å². The zero-order chi connectivity index (χ0) is 30.0. The third-order valence-electron chi connectivity index (χ3n) is 6.48. The molecule has 3 rings (SSSR count). The van der Waals surface area contributed by atoms with Crippen LogP contribution in [0.15, 0.2) is 77.7 Å². The van der Waals surface area contributed by atoms with Gasteiger partial charge in [0.15, 0.2) is 0 Å². The van der Waals surface area contributed by atoms with Gasteiger partial charge in [0.25, 0.3) is 10.0 Å².